The maximum atomic E-state index is 12.0. The number of carbonyl (C=O) groups is 1. The van der Waals surface area contributed by atoms with Crippen molar-refractivity contribution >= 4 is 23.7 Å². The molecule has 0 aliphatic heterocycles. The highest BCUT2D eigenvalue weighted by Gasteiger charge is 2.20. The molecule has 0 spiro atoms. The summed E-state index contributed by atoms with van der Waals surface area (Å²) in [6.07, 6.45) is 1.93. The predicted octanol–water partition coefficient (Wildman–Crippen LogP) is 6.25. The van der Waals surface area contributed by atoms with Crippen molar-refractivity contribution in [3.8, 4) is 0 Å². The van der Waals surface area contributed by atoms with Gasteiger partial charge in [0.15, 0.2) is 5.76 Å². The Morgan fingerprint density at radius 3 is 2.38 bits per heavy atom. The molecule has 0 saturated heterocycles. The second-order valence-electron chi connectivity index (χ2n) is 9.43. The first kappa shape index (κ1) is 27.2. The van der Waals surface area contributed by atoms with Gasteiger partial charge in [0, 0.05) is 25.4 Å². The minimum Gasteiger partial charge on any atom is -0.454 e. The first-order valence-electron chi connectivity index (χ1n) is 11.8. The molecule has 0 aliphatic carbocycles. The second kappa shape index (κ2) is 12.4. The van der Waals surface area contributed by atoms with Crippen LogP contribution >= 0.6 is 0 Å². The number of hydrogen-bond donors (Lipinski definition) is 0. The van der Waals surface area contributed by atoms with Crippen LogP contribution in [-0.2, 0) is 26.2 Å². The normalized spacial score (nSPS) is 13.5. The minimum atomic E-state index is -0.750. The Kier molecular flexibility index (Phi) is 9.90. The summed E-state index contributed by atoms with van der Waals surface area (Å²) in [6, 6.07) is 10.3. The van der Waals surface area contributed by atoms with Crippen LogP contribution in [0, 0.1) is 12.8 Å². The fourth-order valence-corrected chi connectivity index (χ4v) is 3.31. The van der Waals surface area contributed by atoms with E-state index in [1.165, 1.54) is 5.56 Å². The maximum Gasteiger partial charge on any atom is 0.511 e. The molecule has 0 saturated carbocycles. The Bertz CT molecular complexity index is 998. The largest absolute Gasteiger partial charge is 0.511 e. The van der Waals surface area contributed by atoms with Crippen LogP contribution in [0.1, 0.15) is 70.5 Å². The molecule has 34 heavy (non-hydrogen) atoms. The van der Waals surface area contributed by atoms with Crippen molar-refractivity contribution in [2.24, 2.45) is 10.9 Å². The highest BCUT2D eigenvalue weighted by Crippen LogP contribution is 2.30. The first-order chi connectivity index (χ1) is 16.1. The third-order valence-corrected chi connectivity index (χ3v) is 5.56. The molecule has 0 N–H and O–H groups in total. The topological polar surface area (TPSA) is 74.9 Å². The molecule has 2 aromatic rings. The zero-order valence-electron chi connectivity index (χ0n) is 21.8. The van der Waals surface area contributed by atoms with Crippen LogP contribution in [0.15, 0.2) is 35.3 Å². The number of nitrogens with zero attached hydrogens (tertiary/aromatic N) is 3. The van der Waals surface area contributed by atoms with Gasteiger partial charge in [-0.1, -0.05) is 65.3 Å². The summed E-state index contributed by atoms with van der Waals surface area (Å²) in [6.45, 7) is 15.2. The van der Waals surface area contributed by atoms with E-state index in [0.717, 1.165) is 28.9 Å². The van der Waals surface area contributed by atoms with Crippen molar-refractivity contribution in [2.45, 2.75) is 66.8 Å². The average Bonchev–Trinajstić information content (AvgIpc) is 3.19. The van der Waals surface area contributed by atoms with Crippen LogP contribution in [0.25, 0.3) is 11.3 Å². The number of aromatic nitrogens is 2. The Labute approximate surface area is 203 Å². The van der Waals surface area contributed by atoms with E-state index < -0.39 is 6.16 Å². The molecule has 0 fully saturated rings. The lowest BCUT2D eigenvalue weighted by Crippen LogP contribution is -2.15. The van der Waals surface area contributed by atoms with Gasteiger partial charge in [-0.3, -0.25) is 9.67 Å². The Balaban J connectivity index is 2.42. The molecule has 0 bridgehead atoms. The summed E-state index contributed by atoms with van der Waals surface area (Å²) < 4.78 is 18.3. The van der Waals surface area contributed by atoms with Crippen molar-refractivity contribution < 1.29 is 19.0 Å². The van der Waals surface area contributed by atoms with Crippen molar-refractivity contribution in [3.63, 3.8) is 0 Å². The Morgan fingerprint density at radius 1 is 1.15 bits per heavy atom. The Hall–Kier alpha value is -3.09. The average molecular weight is 470 g/mol. The van der Waals surface area contributed by atoms with Crippen molar-refractivity contribution in [1.29, 1.82) is 0 Å². The number of aliphatic imine (C=N–C) groups is 1. The van der Waals surface area contributed by atoms with E-state index in [9.17, 15) is 4.79 Å². The highest BCUT2D eigenvalue weighted by molar-refractivity contribution is 6.18. The molecule has 186 valence electrons. The predicted molar refractivity (Wildman–Crippen MR) is 137 cm³/mol. The smallest absolute Gasteiger partial charge is 0.454 e. The second-order valence-corrected chi connectivity index (χ2v) is 9.43. The lowest BCUT2D eigenvalue weighted by Gasteiger charge is -2.20. The zero-order valence-corrected chi connectivity index (χ0v) is 21.8. The molecule has 1 heterocycles. The fourth-order valence-electron chi connectivity index (χ4n) is 3.31. The molecule has 1 unspecified atom stereocenters. The van der Waals surface area contributed by atoms with Gasteiger partial charge in [-0.25, -0.2) is 4.79 Å². The number of rotatable bonds is 10. The van der Waals surface area contributed by atoms with Crippen LogP contribution in [0.3, 0.4) is 0 Å². The molecule has 1 aromatic carbocycles. The minimum absolute atomic E-state index is 0.0437. The van der Waals surface area contributed by atoms with Gasteiger partial charge in [0.25, 0.3) is 0 Å². The van der Waals surface area contributed by atoms with Crippen LogP contribution in [0.5, 0.6) is 0 Å². The van der Waals surface area contributed by atoms with Crippen LogP contribution in [-0.4, -0.2) is 42.6 Å². The molecule has 1 aromatic heterocycles. The molecular formula is C27H39N3O4. The lowest BCUT2D eigenvalue weighted by atomic mass is 9.86. The molecule has 1 atom stereocenters. The zero-order chi connectivity index (χ0) is 25.3. The summed E-state index contributed by atoms with van der Waals surface area (Å²) in [5, 5.41) is 4.56. The van der Waals surface area contributed by atoms with E-state index in [0.29, 0.717) is 18.9 Å². The van der Waals surface area contributed by atoms with Crippen LogP contribution in [0.2, 0.25) is 0 Å². The number of carbonyl (C=O) groups excluding carboxylic acids is 1. The van der Waals surface area contributed by atoms with E-state index in [1.807, 2.05) is 38.4 Å². The third kappa shape index (κ3) is 7.47. The molecular weight excluding hydrogens is 430 g/mol. The molecule has 7 heteroatoms. The van der Waals surface area contributed by atoms with Gasteiger partial charge in [-0.05, 0) is 42.4 Å². The SMILES string of the molecule is CCC(C)COC(=O)OCO/C(=C(/C=N\C)c1ccc(C(C)(C)C)cc1)c1cc(C)nn1CC. The molecule has 0 radical (unpaired) electrons. The summed E-state index contributed by atoms with van der Waals surface area (Å²) in [4.78, 5) is 16.3. The van der Waals surface area contributed by atoms with Crippen LogP contribution < -0.4 is 0 Å². The summed E-state index contributed by atoms with van der Waals surface area (Å²) >= 11 is 0. The molecule has 0 aliphatic rings. The monoisotopic (exact) mass is 469 g/mol. The van der Waals surface area contributed by atoms with Gasteiger partial charge in [0.05, 0.1) is 12.3 Å². The van der Waals surface area contributed by atoms with Gasteiger partial charge >= 0.3 is 6.16 Å². The molecule has 2 rings (SSSR count). The van der Waals surface area contributed by atoms with Gasteiger partial charge in [0.2, 0.25) is 6.79 Å². The maximum absolute atomic E-state index is 12.0. The van der Waals surface area contributed by atoms with E-state index >= 15 is 0 Å². The fraction of sp³-hybridized carbons (Fsp3) is 0.519. The highest BCUT2D eigenvalue weighted by atomic mass is 16.8. The van der Waals surface area contributed by atoms with Gasteiger partial charge in [0.1, 0.15) is 5.69 Å². The van der Waals surface area contributed by atoms with E-state index in [4.69, 9.17) is 14.2 Å². The number of ether oxygens (including phenoxy) is 3. The number of hydrogen-bond acceptors (Lipinski definition) is 6. The number of benzene rings is 1. The summed E-state index contributed by atoms with van der Waals surface area (Å²) in [5.41, 5.74) is 4.63. The number of aryl methyl sites for hydroxylation is 2. The molecule has 7 nitrogen and oxygen atoms in total. The Morgan fingerprint density at radius 2 is 1.82 bits per heavy atom. The van der Waals surface area contributed by atoms with E-state index in [-0.39, 0.29) is 18.1 Å². The molecule has 0 amide bonds. The lowest BCUT2D eigenvalue weighted by molar-refractivity contribution is -0.0103. The van der Waals surface area contributed by atoms with Gasteiger partial charge in [-0.2, -0.15) is 5.10 Å². The van der Waals surface area contributed by atoms with E-state index in [2.05, 4.69) is 55.1 Å². The van der Waals surface area contributed by atoms with Gasteiger partial charge in [-0.15, -0.1) is 0 Å². The van der Waals surface area contributed by atoms with Crippen LogP contribution in [0.4, 0.5) is 4.79 Å². The summed E-state index contributed by atoms with van der Waals surface area (Å²) in [5.74, 6) is 0.806. The first-order valence-corrected chi connectivity index (χ1v) is 11.8. The third-order valence-electron chi connectivity index (χ3n) is 5.56. The van der Waals surface area contributed by atoms with Gasteiger partial charge < -0.3 is 14.2 Å². The van der Waals surface area contributed by atoms with Crippen molar-refractivity contribution in [1.82, 2.24) is 9.78 Å². The quantitative estimate of drug-likeness (QED) is 0.178. The van der Waals surface area contributed by atoms with E-state index in [1.54, 1.807) is 13.3 Å². The summed E-state index contributed by atoms with van der Waals surface area (Å²) in [7, 11) is 1.71. The van der Waals surface area contributed by atoms with Crippen molar-refractivity contribution in [2.75, 3.05) is 20.4 Å². The number of allylic oxidation sites excluding steroid dienone is 1. The standard InChI is InChI=1S/C27H39N3O4/c1-9-19(3)17-32-26(31)34-18-33-25(24-15-20(4)29-30(24)10-2)23(16-28-8)21-11-13-22(14-12-21)27(5,6)7/h11-16,19H,9-10,17-18H2,1-8H3/b25-23-,28-16-. The van der Waals surface area contributed by atoms with Crippen molar-refractivity contribution in [3.05, 3.63) is 52.8 Å².